The van der Waals surface area contributed by atoms with Crippen molar-refractivity contribution in [2.45, 2.75) is 0 Å². The lowest BCUT2D eigenvalue weighted by Gasteiger charge is -2.04. The van der Waals surface area contributed by atoms with E-state index in [1.165, 1.54) is 11.3 Å². The molecule has 82 valence electrons. The lowest BCUT2D eigenvalue weighted by Crippen LogP contribution is -2.17. The van der Waals surface area contributed by atoms with Gasteiger partial charge in [-0.1, -0.05) is 29.5 Å². The Labute approximate surface area is 96.5 Å². The van der Waals surface area contributed by atoms with Crippen LogP contribution in [0.15, 0.2) is 41.9 Å². The smallest absolute Gasteiger partial charge is 0.351 e. The second-order valence-electron chi connectivity index (χ2n) is 2.87. The van der Waals surface area contributed by atoms with E-state index >= 15 is 0 Å². The van der Waals surface area contributed by atoms with Crippen molar-refractivity contribution in [2.75, 3.05) is 6.61 Å². The van der Waals surface area contributed by atoms with Crippen LogP contribution in [0, 0.1) is 0 Å². The average molecular weight is 235 g/mol. The molecule has 0 aliphatic rings. The van der Waals surface area contributed by atoms with Gasteiger partial charge in [0.1, 0.15) is 5.75 Å². The highest BCUT2D eigenvalue weighted by atomic mass is 32.1. The van der Waals surface area contributed by atoms with Crippen molar-refractivity contribution in [2.24, 2.45) is 0 Å². The standard InChI is InChI=1S/C11H9NO3S/c13-10(15-11-12-6-7-16-11)8-14-9-4-2-1-3-5-9/h1-7H,8H2. The predicted octanol–water partition coefficient (Wildman–Crippen LogP) is 2.13. The Bertz CT molecular complexity index is 442. The summed E-state index contributed by atoms with van der Waals surface area (Å²) in [6.07, 6.45) is 1.57. The third-order valence-electron chi connectivity index (χ3n) is 1.71. The number of esters is 1. The van der Waals surface area contributed by atoms with Crippen LogP contribution in [-0.2, 0) is 4.79 Å². The number of benzene rings is 1. The van der Waals surface area contributed by atoms with Crippen LogP contribution in [0.5, 0.6) is 10.9 Å². The van der Waals surface area contributed by atoms with E-state index in [4.69, 9.17) is 9.47 Å². The Morgan fingerprint density at radius 2 is 2.12 bits per heavy atom. The molecule has 0 bridgehead atoms. The summed E-state index contributed by atoms with van der Waals surface area (Å²) in [6.45, 7) is -0.121. The van der Waals surface area contributed by atoms with Gasteiger partial charge < -0.3 is 9.47 Å². The second-order valence-corrected chi connectivity index (χ2v) is 3.73. The maximum Gasteiger partial charge on any atom is 0.351 e. The molecule has 16 heavy (non-hydrogen) atoms. The van der Waals surface area contributed by atoms with Gasteiger partial charge in [-0.15, -0.1) is 0 Å². The fourth-order valence-electron chi connectivity index (χ4n) is 1.05. The molecule has 0 amide bonds. The topological polar surface area (TPSA) is 48.4 Å². The minimum Gasteiger partial charge on any atom is -0.482 e. The van der Waals surface area contributed by atoms with Crippen LogP contribution in [0.1, 0.15) is 0 Å². The summed E-state index contributed by atoms with van der Waals surface area (Å²) in [5.41, 5.74) is 0. The van der Waals surface area contributed by atoms with Crippen molar-refractivity contribution < 1.29 is 14.3 Å². The van der Waals surface area contributed by atoms with Crippen molar-refractivity contribution in [1.29, 1.82) is 0 Å². The number of rotatable bonds is 4. The molecule has 0 fully saturated rings. The van der Waals surface area contributed by atoms with Gasteiger partial charge in [-0.05, 0) is 12.1 Å². The van der Waals surface area contributed by atoms with Crippen molar-refractivity contribution in [3.05, 3.63) is 41.9 Å². The Morgan fingerprint density at radius 3 is 2.81 bits per heavy atom. The van der Waals surface area contributed by atoms with Crippen molar-refractivity contribution in [3.8, 4) is 10.9 Å². The summed E-state index contributed by atoms with van der Waals surface area (Å²) in [4.78, 5) is 15.1. The normalized spacial score (nSPS) is 9.75. The molecule has 2 aromatic rings. The molecule has 0 aliphatic carbocycles. The first kappa shape index (κ1) is 10.6. The van der Waals surface area contributed by atoms with Crippen molar-refractivity contribution in [3.63, 3.8) is 0 Å². The van der Waals surface area contributed by atoms with Crippen molar-refractivity contribution in [1.82, 2.24) is 4.98 Å². The summed E-state index contributed by atoms with van der Waals surface area (Å²) in [5.74, 6) is 0.178. The van der Waals surface area contributed by atoms with E-state index in [2.05, 4.69) is 4.98 Å². The Morgan fingerprint density at radius 1 is 1.31 bits per heavy atom. The minimum absolute atomic E-state index is 0.121. The van der Waals surface area contributed by atoms with E-state index < -0.39 is 5.97 Å². The van der Waals surface area contributed by atoms with E-state index in [1.807, 2.05) is 18.2 Å². The summed E-state index contributed by atoms with van der Waals surface area (Å²) in [7, 11) is 0. The van der Waals surface area contributed by atoms with Gasteiger partial charge in [-0.25, -0.2) is 9.78 Å². The van der Waals surface area contributed by atoms with E-state index in [-0.39, 0.29) is 6.61 Å². The quantitative estimate of drug-likeness (QED) is 0.762. The van der Waals surface area contributed by atoms with E-state index in [9.17, 15) is 4.79 Å². The molecular weight excluding hydrogens is 226 g/mol. The van der Waals surface area contributed by atoms with Crippen LogP contribution in [0.2, 0.25) is 0 Å². The molecule has 2 rings (SSSR count). The lowest BCUT2D eigenvalue weighted by atomic mass is 10.3. The monoisotopic (exact) mass is 235 g/mol. The number of ether oxygens (including phenoxy) is 2. The maximum atomic E-state index is 11.3. The van der Waals surface area contributed by atoms with Gasteiger partial charge in [0.05, 0.1) is 0 Å². The van der Waals surface area contributed by atoms with E-state index in [0.29, 0.717) is 10.9 Å². The molecule has 0 spiro atoms. The van der Waals surface area contributed by atoms with Gasteiger partial charge in [0.2, 0.25) is 0 Å². The fourth-order valence-corrected chi connectivity index (χ4v) is 1.55. The Kier molecular flexibility index (Phi) is 3.50. The highest BCUT2D eigenvalue weighted by Crippen LogP contribution is 2.14. The van der Waals surface area contributed by atoms with Gasteiger partial charge in [0.25, 0.3) is 5.19 Å². The number of carbonyl (C=O) groups excluding carboxylic acids is 1. The summed E-state index contributed by atoms with van der Waals surface area (Å²) in [6, 6.07) is 9.09. The third-order valence-corrected chi connectivity index (χ3v) is 2.36. The third kappa shape index (κ3) is 3.06. The number of nitrogens with zero attached hydrogens (tertiary/aromatic N) is 1. The number of carbonyl (C=O) groups is 1. The first-order valence-corrected chi connectivity index (χ1v) is 5.50. The van der Waals surface area contributed by atoms with Gasteiger partial charge in [-0.3, -0.25) is 0 Å². The molecule has 0 unspecified atom stereocenters. The first-order valence-electron chi connectivity index (χ1n) is 4.62. The number of aromatic nitrogens is 1. The van der Waals surface area contributed by atoms with Crippen LogP contribution in [0.25, 0.3) is 0 Å². The van der Waals surface area contributed by atoms with Gasteiger partial charge in [0, 0.05) is 11.6 Å². The van der Waals surface area contributed by atoms with Gasteiger partial charge in [-0.2, -0.15) is 0 Å². The molecule has 0 atom stereocenters. The van der Waals surface area contributed by atoms with E-state index in [0.717, 1.165) is 0 Å². The highest BCUT2D eigenvalue weighted by molar-refractivity contribution is 7.11. The Balaban J connectivity index is 1.80. The van der Waals surface area contributed by atoms with Crippen molar-refractivity contribution >= 4 is 17.3 Å². The molecule has 1 heterocycles. The second kappa shape index (κ2) is 5.27. The number of para-hydroxylation sites is 1. The largest absolute Gasteiger partial charge is 0.482 e. The fraction of sp³-hybridized carbons (Fsp3) is 0.0909. The lowest BCUT2D eigenvalue weighted by molar-refractivity contribution is -0.136. The molecule has 0 aliphatic heterocycles. The number of hydrogen-bond donors (Lipinski definition) is 0. The minimum atomic E-state index is -0.459. The highest BCUT2D eigenvalue weighted by Gasteiger charge is 2.07. The average Bonchev–Trinajstić information content (AvgIpc) is 2.81. The van der Waals surface area contributed by atoms with E-state index in [1.54, 1.807) is 23.7 Å². The predicted molar refractivity (Wildman–Crippen MR) is 59.7 cm³/mol. The summed E-state index contributed by atoms with van der Waals surface area (Å²) in [5, 5.41) is 2.07. The molecule has 0 saturated heterocycles. The summed E-state index contributed by atoms with van der Waals surface area (Å²) < 4.78 is 10.1. The van der Waals surface area contributed by atoms with Gasteiger partial charge >= 0.3 is 5.97 Å². The maximum absolute atomic E-state index is 11.3. The van der Waals surface area contributed by atoms with Crippen LogP contribution < -0.4 is 9.47 Å². The molecule has 0 N–H and O–H groups in total. The molecule has 0 radical (unpaired) electrons. The van der Waals surface area contributed by atoms with Crippen LogP contribution >= 0.6 is 11.3 Å². The molecule has 5 heteroatoms. The Hall–Kier alpha value is -1.88. The molecular formula is C11H9NO3S. The molecule has 1 aromatic carbocycles. The zero-order valence-corrected chi connectivity index (χ0v) is 9.15. The molecule has 4 nitrogen and oxygen atoms in total. The molecule has 0 saturated carbocycles. The van der Waals surface area contributed by atoms with Crippen LogP contribution in [0.3, 0.4) is 0 Å². The first-order chi connectivity index (χ1) is 7.84. The number of thiazole rings is 1. The van der Waals surface area contributed by atoms with Crippen LogP contribution in [0.4, 0.5) is 0 Å². The molecule has 1 aromatic heterocycles. The van der Waals surface area contributed by atoms with Gasteiger partial charge in [0.15, 0.2) is 6.61 Å². The zero-order chi connectivity index (χ0) is 11.2. The zero-order valence-electron chi connectivity index (χ0n) is 8.33. The number of hydrogen-bond acceptors (Lipinski definition) is 5. The van der Waals surface area contributed by atoms with Crippen LogP contribution in [-0.4, -0.2) is 17.6 Å². The summed E-state index contributed by atoms with van der Waals surface area (Å²) >= 11 is 1.26. The SMILES string of the molecule is O=C(COc1ccccc1)Oc1nccs1.